The van der Waals surface area contributed by atoms with Crippen molar-refractivity contribution in [2.75, 3.05) is 19.7 Å². The number of esters is 1. The molecule has 3 rings (SSSR count). The van der Waals surface area contributed by atoms with Crippen molar-refractivity contribution in [3.63, 3.8) is 0 Å². The second kappa shape index (κ2) is 4.44. The molecule has 1 saturated carbocycles. The van der Waals surface area contributed by atoms with Crippen LogP contribution in [0.1, 0.15) is 5.56 Å². The second-order valence-electron chi connectivity index (χ2n) is 5.22. The molecule has 1 saturated heterocycles. The van der Waals surface area contributed by atoms with E-state index in [0.717, 1.165) is 12.1 Å². The van der Waals surface area contributed by atoms with E-state index in [1.165, 1.54) is 0 Å². The number of piperidine rings is 1. The summed E-state index contributed by atoms with van der Waals surface area (Å²) in [6.07, 6.45) is -1.55. The first-order valence-electron chi connectivity index (χ1n) is 6.31. The van der Waals surface area contributed by atoms with Crippen LogP contribution in [0.3, 0.4) is 0 Å². The predicted octanol–water partition coefficient (Wildman–Crippen LogP) is 1.27. The molecule has 4 nitrogen and oxygen atoms in total. The highest BCUT2D eigenvalue weighted by atomic mass is 19.4. The summed E-state index contributed by atoms with van der Waals surface area (Å²) in [7, 11) is 0. The van der Waals surface area contributed by atoms with Crippen molar-refractivity contribution in [1.29, 1.82) is 0 Å². The Hall–Kier alpha value is -1.63. The number of carbonyl (C=O) groups excluding carboxylic acids is 1. The van der Waals surface area contributed by atoms with Crippen molar-refractivity contribution in [1.82, 2.24) is 10.3 Å². The van der Waals surface area contributed by atoms with Crippen molar-refractivity contribution in [3.8, 4) is 0 Å². The largest absolute Gasteiger partial charge is 0.490 e. The van der Waals surface area contributed by atoms with Crippen LogP contribution in [0.15, 0.2) is 24.5 Å². The monoisotopic (exact) mass is 286 g/mol. The van der Waals surface area contributed by atoms with Gasteiger partial charge in [0, 0.05) is 30.3 Å². The number of hydrogen-bond donors (Lipinski definition) is 1. The highest BCUT2D eigenvalue weighted by Crippen LogP contribution is 2.61. The number of halogens is 3. The molecule has 2 fully saturated rings. The minimum absolute atomic E-state index is 0.0701. The molecule has 1 aromatic rings. The zero-order valence-electron chi connectivity index (χ0n) is 10.5. The second-order valence-corrected chi connectivity index (χ2v) is 5.22. The van der Waals surface area contributed by atoms with Gasteiger partial charge in [-0.1, -0.05) is 6.07 Å². The maximum absolute atomic E-state index is 12.1. The van der Waals surface area contributed by atoms with Crippen molar-refractivity contribution < 1.29 is 22.7 Å². The topological polar surface area (TPSA) is 51.2 Å². The minimum atomic E-state index is -4.93. The van der Waals surface area contributed by atoms with E-state index in [4.69, 9.17) is 0 Å². The van der Waals surface area contributed by atoms with E-state index in [0.29, 0.717) is 6.54 Å². The Kier molecular flexibility index (Phi) is 2.97. The van der Waals surface area contributed by atoms with Crippen LogP contribution in [0.5, 0.6) is 0 Å². The number of nitrogens with one attached hydrogen (secondary N) is 1. The van der Waals surface area contributed by atoms with Crippen LogP contribution in [-0.2, 0) is 14.9 Å². The van der Waals surface area contributed by atoms with Crippen LogP contribution in [0.4, 0.5) is 13.2 Å². The van der Waals surface area contributed by atoms with Crippen LogP contribution in [-0.4, -0.2) is 36.8 Å². The number of ether oxygens (including phenoxy) is 1. The molecule has 0 bridgehead atoms. The van der Waals surface area contributed by atoms with Gasteiger partial charge in [-0.2, -0.15) is 13.2 Å². The molecule has 2 heterocycles. The third kappa shape index (κ3) is 1.96. The SMILES string of the molecule is O=C(OCC1C2CNCC21c1cccnc1)C(F)(F)F. The van der Waals surface area contributed by atoms with Gasteiger partial charge in [-0.15, -0.1) is 0 Å². The summed E-state index contributed by atoms with van der Waals surface area (Å²) < 4.78 is 40.8. The van der Waals surface area contributed by atoms with Gasteiger partial charge >= 0.3 is 12.1 Å². The van der Waals surface area contributed by atoms with Crippen molar-refractivity contribution in [2.24, 2.45) is 11.8 Å². The average Bonchev–Trinajstić information content (AvgIpc) is 2.81. The van der Waals surface area contributed by atoms with Gasteiger partial charge in [-0.25, -0.2) is 4.79 Å². The van der Waals surface area contributed by atoms with E-state index in [9.17, 15) is 18.0 Å². The lowest BCUT2D eigenvalue weighted by atomic mass is 9.95. The molecule has 0 aromatic carbocycles. The molecule has 2 aliphatic rings. The standard InChI is InChI=1S/C13H13F3N2O2/c14-13(15,16)11(19)20-6-10-9-5-18-7-12(9,10)8-2-1-3-17-4-8/h1-4,9-10,18H,5-7H2. The van der Waals surface area contributed by atoms with Crippen molar-refractivity contribution >= 4 is 5.97 Å². The lowest BCUT2D eigenvalue weighted by Gasteiger charge is -2.16. The smallest absolute Gasteiger partial charge is 0.459 e. The Morgan fingerprint density at radius 3 is 3.00 bits per heavy atom. The number of pyridine rings is 1. The maximum Gasteiger partial charge on any atom is 0.490 e. The fraction of sp³-hybridized carbons (Fsp3) is 0.538. The van der Waals surface area contributed by atoms with E-state index in [1.807, 2.05) is 6.07 Å². The van der Waals surface area contributed by atoms with Gasteiger partial charge in [0.15, 0.2) is 0 Å². The molecule has 3 unspecified atom stereocenters. The van der Waals surface area contributed by atoms with Gasteiger partial charge in [0.05, 0.1) is 6.61 Å². The highest BCUT2D eigenvalue weighted by Gasteiger charge is 2.68. The van der Waals surface area contributed by atoms with Gasteiger partial charge in [-0.3, -0.25) is 4.98 Å². The molecule has 1 N–H and O–H groups in total. The molecule has 0 amide bonds. The summed E-state index contributed by atoms with van der Waals surface area (Å²) in [4.78, 5) is 14.8. The number of alkyl halides is 3. The molecular weight excluding hydrogens is 273 g/mol. The van der Waals surface area contributed by atoms with Gasteiger partial charge in [-0.05, 0) is 24.1 Å². The lowest BCUT2D eigenvalue weighted by Crippen LogP contribution is -2.29. The molecule has 1 aliphatic carbocycles. The molecule has 7 heteroatoms. The van der Waals surface area contributed by atoms with Crippen LogP contribution < -0.4 is 5.32 Å². The summed E-state index contributed by atoms with van der Waals surface area (Å²) >= 11 is 0. The lowest BCUT2D eigenvalue weighted by molar-refractivity contribution is -0.200. The number of aromatic nitrogens is 1. The molecule has 1 aromatic heterocycles. The summed E-state index contributed by atoms with van der Waals surface area (Å²) in [6, 6.07) is 3.72. The summed E-state index contributed by atoms with van der Waals surface area (Å²) in [6.45, 7) is 1.21. The number of nitrogens with zero attached hydrogens (tertiary/aromatic N) is 1. The number of rotatable bonds is 3. The van der Waals surface area contributed by atoms with Gasteiger partial charge in [0.25, 0.3) is 0 Å². The Morgan fingerprint density at radius 2 is 2.35 bits per heavy atom. The zero-order valence-corrected chi connectivity index (χ0v) is 10.5. The summed E-state index contributed by atoms with van der Waals surface area (Å²) in [5.41, 5.74) is 0.753. The molecule has 3 atom stereocenters. The molecule has 0 radical (unpaired) electrons. The third-order valence-electron chi connectivity index (χ3n) is 4.31. The van der Waals surface area contributed by atoms with Crippen molar-refractivity contribution in [3.05, 3.63) is 30.1 Å². The summed E-state index contributed by atoms with van der Waals surface area (Å²) in [5.74, 6) is -1.98. The van der Waals surface area contributed by atoms with Gasteiger partial charge < -0.3 is 10.1 Å². The first kappa shape index (κ1) is 13.4. The molecule has 0 spiro atoms. The molecule has 20 heavy (non-hydrogen) atoms. The normalized spacial score (nSPS) is 31.8. The van der Waals surface area contributed by atoms with Crippen LogP contribution >= 0.6 is 0 Å². The average molecular weight is 286 g/mol. The zero-order chi connectivity index (χ0) is 14.4. The van der Waals surface area contributed by atoms with E-state index in [1.54, 1.807) is 18.5 Å². The first-order valence-corrected chi connectivity index (χ1v) is 6.31. The van der Waals surface area contributed by atoms with E-state index >= 15 is 0 Å². The van der Waals surface area contributed by atoms with Crippen LogP contribution in [0.2, 0.25) is 0 Å². The predicted molar refractivity (Wildman–Crippen MR) is 62.8 cm³/mol. The maximum atomic E-state index is 12.1. The fourth-order valence-electron chi connectivity index (χ4n) is 3.31. The van der Waals surface area contributed by atoms with Crippen LogP contribution in [0, 0.1) is 11.8 Å². The highest BCUT2D eigenvalue weighted by molar-refractivity contribution is 5.75. The van der Waals surface area contributed by atoms with Gasteiger partial charge in [0.2, 0.25) is 0 Å². The Balaban J connectivity index is 1.70. The molecule has 108 valence electrons. The van der Waals surface area contributed by atoms with Gasteiger partial charge in [0.1, 0.15) is 0 Å². The van der Waals surface area contributed by atoms with E-state index in [2.05, 4.69) is 15.0 Å². The minimum Gasteiger partial charge on any atom is -0.459 e. The van der Waals surface area contributed by atoms with Crippen LogP contribution in [0.25, 0.3) is 0 Å². The number of hydrogen-bond acceptors (Lipinski definition) is 4. The quantitative estimate of drug-likeness (QED) is 0.850. The van der Waals surface area contributed by atoms with E-state index < -0.39 is 12.1 Å². The number of carbonyl (C=O) groups is 1. The Bertz CT molecular complexity index is 520. The third-order valence-corrected chi connectivity index (χ3v) is 4.31. The van der Waals surface area contributed by atoms with Crippen molar-refractivity contribution in [2.45, 2.75) is 11.6 Å². The Morgan fingerprint density at radius 1 is 1.55 bits per heavy atom. The number of fused-ring (bicyclic) bond motifs is 1. The molecular formula is C13H13F3N2O2. The molecule has 1 aliphatic heterocycles. The van der Waals surface area contributed by atoms with E-state index in [-0.39, 0.29) is 23.9 Å². The summed E-state index contributed by atoms with van der Waals surface area (Å²) in [5, 5.41) is 3.22. The fourth-order valence-corrected chi connectivity index (χ4v) is 3.31. The Labute approximate surface area is 113 Å². The first-order chi connectivity index (χ1) is 9.46.